The van der Waals surface area contributed by atoms with Gasteiger partial charge in [-0.25, -0.2) is 8.42 Å². The molecule has 7 heteroatoms. The van der Waals surface area contributed by atoms with Crippen LogP contribution in [0, 0.1) is 12.8 Å². The number of nitrogens with zero attached hydrogens (tertiary/aromatic N) is 1. The summed E-state index contributed by atoms with van der Waals surface area (Å²) in [6.45, 7) is 4.31. The number of nitrogen functional groups attached to an aromatic ring is 1. The first-order valence-corrected chi connectivity index (χ1v) is 8.79. The summed E-state index contributed by atoms with van der Waals surface area (Å²) >= 11 is 6.03. The van der Waals surface area contributed by atoms with Gasteiger partial charge in [-0.2, -0.15) is 4.31 Å². The van der Waals surface area contributed by atoms with Crippen molar-refractivity contribution in [3.63, 3.8) is 0 Å². The van der Waals surface area contributed by atoms with Crippen LogP contribution in [-0.2, 0) is 10.0 Å². The normalized spacial score (nSPS) is 19.6. The van der Waals surface area contributed by atoms with Crippen LogP contribution in [-0.4, -0.2) is 37.0 Å². The number of halogens is 1. The Labute approximate surface area is 130 Å². The molecule has 0 radical (unpaired) electrons. The predicted octanol–water partition coefficient (Wildman–Crippen LogP) is 2.01. The second kappa shape index (κ2) is 6.12. The molecular formula is C14H21ClN2O3S. The van der Waals surface area contributed by atoms with Crippen LogP contribution in [0.5, 0.6) is 0 Å². The highest BCUT2D eigenvalue weighted by molar-refractivity contribution is 7.89. The van der Waals surface area contributed by atoms with Crippen LogP contribution >= 0.6 is 11.6 Å². The molecule has 0 aromatic heterocycles. The van der Waals surface area contributed by atoms with Gasteiger partial charge in [-0.3, -0.25) is 0 Å². The minimum Gasteiger partial charge on any atom is -0.398 e. The van der Waals surface area contributed by atoms with E-state index in [4.69, 9.17) is 17.3 Å². The van der Waals surface area contributed by atoms with E-state index in [2.05, 4.69) is 0 Å². The Bertz CT molecular complexity index is 600. The third-order valence-electron chi connectivity index (χ3n) is 4.18. The van der Waals surface area contributed by atoms with Crippen molar-refractivity contribution in [3.8, 4) is 0 Å². The van der Waals surface area contributed by atoms with Gasteiger partial charge in [0.2, 0.25) is 10.0 Å². The van der Waals surface area contributed by atoms with E-state index in [0.717, 1.165) is 0 Å². The summed E-state index contributed by atoms with van der Waals surface area (Å²) in [5, 5.41) is 9.94. The van der Waals surface area contributed by atoms with E-state index in [1.54, 1.807) is 13.8 Å². The molecule has 118 valence electrons. The molecule has 2 rings (SSSR count). The van der Waals surface area contributed by atoms with E-state index in [-0.39, 0.29) is 10.8 Å². The number of anilines is 1. The van der Waals surface area contributed by atoms with Gasteiger partial charge in [-0.15, -0.1) is 0 Å². The Kier molecular flexibility index (Phi) is 4.82. The summed E-state index contributed by atoms with van der Waals surface area (Å²) in [6.07, 6.45) is 0.914. The van der Waals surface area contributed by atoms with Gasteiger partial charge in [-0.05, 0) is 50.3 Å². The quantitative estimate of drug-likeness (QED) is 0.829. The van der Waals surface area contributed by atoms with Crippen LogP contribution in [0.15, 0.2) is 17.0 Å². The third kappa shape index (κ3) is 3.34. The van der Waals surface area contributed by atoms with Gasteiger partial charge >= 0.3 is 0 Å². The SMILES string of the molecule is Cc1c(N)cc(S(=O)(=O)N2CCC(C(C)O)CC2)cc1Cl. The lowest BCUT2D eigenvalue weighted by Crippen LogP contribution is -2.40. The molecule has 3 N–H and O–H groups in total. The maximum absolute atomic E-state index is 12.6. The van der Waals surface area contributed by atoms with E-state index in [0.29, 0.717) is 42.2 Å². The van der Waals surface area contributed by atoms with Crippen molar-refractivity contribution in [2.75, 3.05) is 18.8 Å². The van der Waals surface area contributed by atoms with Crippen molar-refractivity contribution in [1.29, 1.82) is 0 Å². The highest BCUT2D eigenvalue weighted by atomic mass is 35.5. The van der Waals surface area contributed by atoms with Crippen LogP contribution in [0.25, 0.3) is 0 Å². The molecule has 1 aromatic carbocycles. The van der Waals surface area contributed by atoms with Crippen molar-refractivity contribution >= 4 is 27.3 Å². The van der Waals surface area contributed by atoms with E-state index in [1.165, 1.54) is 16.4 Å². The van der Waals surface area contributed by atoms with Crippen LogP contribution < -0.4 is 5.73 Å². The number of aliphatic hydroxyl groups excluding tert-OH is 1. The molecule has 0 saturated carbocycles. The number of nitrogens with two attached hydrogens (primary N) is 1. The minimum atomic E-state index is -3.59. The summed E-state index contributed by atoms with van der Waals surface area (Å²) in [6, 6.07) is 2.90. The number of rotatable bonds is 3. The smallest absolute Gasteiger partial charge is 0.243 e. The molecule has 1 unspecified atom stereocenters. The lowest BCUT2D eigenvalue weighted by molar-refractivity contribution is 0.0912. The Morgan fingerprint density at radius 2 is 1.95 bits per heavy atom. The predicted molar refractivity (Wildman–Crippen MR) is 83.8 cm³/mol. The van der Waals surface area contributed by atoms with E-state index >= 15 is 0 Å². The van der Waals surface area contributed by atoms with Crippen LogP contribution in [0.3, 0.4) is 0 Å². The molecule has 21 heavy (non-hydrogen) atoms. The van der Waals surface area contributed by atoms with E-state index in [9.17, 15) is 13.5 Å². The maximum Gasteiger partial charge on any atom is 0.243 e. The van der Waals surface area contributed by atoms with Gasteiger partial charge in [0.05, 0.1) is 11.0 Å². The van der Waals surface area contributed by atoms with Crippen LogP contribution in [0.1, 0.15) is 25.3 Å². The Morgan fingerprint density at radius 3 is 2.43 bits per heavy atom. The zero-order valence-electron chi connectivity index (χ0n) is 12.2. The molecule has 0 aliphatic carbocycles. The van der Waals surface area contributed by atoms with Crippen molar-refractivity contribution in [1.82, 2.24) is 4.31 Å². The topological polar surface area (TPSA) is 83.6 Å². The first kappa shape index (κ1) is 16.5. The number of piperidine rings is 1. The number of benzene rings is 1. The molecule has 1 saturated heterocycles. The first-order chi connectivity index (χ1) is 9.73. The highest BCUT2D eigenvalue weighted by Crippen LogP contribution is 2.30. The molecule has 0 amide bonds. The molecule has 1 aromatic rings. The Hall–Kier alpha value is -0.820. The zero-order valence-corrected chi connectivity index (χ0v) is 13.8. The maximum atomic E-state index is 12.6. The fraction of sp³-hybridized carbons (Fsp3) is 0.571. The van der Waals surface area contributed by atoms with Gasteiger partial charge in [0, 0.05) is 23.8 Å². The molecule has 1 atom stereocenters. The minimum absolute atomic E-state index is 0.131. The van der Waals surface area contributed by atoms with Crippen molar-refractivity contribution in [2.45, 2.75) is 37.7 Å². The molecule has 1 aliphatic heterocycles. The summed E-state index contributed by atoms with van der Waals surface area (Å²) in [5.41, 5.74) is 6.87. The fourth-order valence-corrected chi connectivity index (χ4v) is 4.39. The Morgan fingerprint density at radius 1 is 1.38 bits per heavy atom. The van der Waals surface area contributed by atoms with Crippen LogP contribution in [0.4, 0.5) is 5.69 Å². The van der Waals surface area contributed by atoms with Gasteiger partial charge in [0.1, 0.15) is 0 Å². The largest absolute Gasteiger partial charge is 0.398 e. The lowest BCUT2D eigenvalue weighted by atomic mass is 9.93. The summed E-state index contributed by atoms with van der Waals surface area (Å²) in [7, 11) is -3.59. The number of hydrogen-bond donors (Lipinski definition) is 2. The fourth-order valence-electron chi connectivity index (χ4n) is 2.57. The van der Waals surface area contributed by atoms with E-state index in [1.807, 2.05) is 0 Å². The zero-order chi connectivity index (χ0) is 15.8. The first-order valence-electron chi connectivity index (χ1n) is 6.97. The number of hydrogen-bond acceptors (Lipinski definition) is 4. The molecule has 0 bridgehead atoms. The standard InChI is InChI=1S/C14H21ClN2O3S/c1-9-13(15)7-12(8-14(9)16)21(19,20)17-5-3-11(4-6-17)10(2)18/h7-8,10-11,18H,3-6,16H2,1-2H3. The second-order valence-corrected chi connectivity index (χ2v) is 7.95. The van der Waals surface area contributed by atoms with Crippen molar-refractivity contribution in [2.24, 2.45) is 5.92 Å². The number of aliphatic hydroxyl groups is 1. The lowest BCUT2D eigenvalue weighted by Gasteiger charge is -2.32. The molecule has 1 fully saturated rings. The molecule has 1 heterocycles. The third-order valence-corrected chi connectivity index (χ3v) is 6.45. The molecule has 0 spiro atoms. The Balaban J connectivity index is 2.24. The summed E-state index contributed by atoms with van der Waals surface area (Å²) < 4.78 is 26.7. The van der Waals surface area contributed by atoms with Crippen molar-refractivity contribution < 1.29 is 13.5 Å². The molecule has 5 nitrogen and oxygen atoms in total. The summed E-state index contributed by atoms with van der Waals surface area (Å²) in [5.74, 6) is 0.156. The highest BCUT2D eigenvalue weighted by Gasteiger charge is 2.31. The van der Waals surface area contributed by atoms with Crippen LogP contribution in [0.2, 0.25) is 5.02 Å². The second-order valence-electron chi connectivity index (χ2n) is 5.60. The number of sulfonamides is 1. The van der Waals surface area contributed by atoms with E-state index < -0.39 is 16.1 Å². The average Bonchev–Trinajstić information content (AvgIpc) is 2.44. The van der Waals surface area contributed by atoms with Crippen molar-refractivity contribution in [3.05, 3.63) is 22.7 Å². The summed E-state index contributed by atoms with van der Waals surface area (Å²) in [4.78, 5) is 0.131. The monoisotopic (exact) mass is 332 g/mol. The van der Waals surface area contributed by atoms with Gasteiger partial charge in [0.25, 0.3) is 0 Å². The molecular weight excluding hydrogens is 312 g/mol. The van der Waals surface area contributed by atoms with Gasteiger partial charge in [-0.1, -0.05) is 11.6 Å². The average molecular weight is 333 g/mol. The molecule has 1 aliphatic rings. The van der Waals surface area contributed by atoms with Gasteiger partial charge in [0.15, 0.2) is 0 Å². The van der Waals surface area contributed by atoms with Gasteiger partial charge < -0.3 is 10.8 Å².